The summed E-state index contributed by atoms with van der Waals surface area (Å²) in [4.78, 5) is 0. The van der Waals surface area contributed by atoms with Gasteiger partial charge < -0.3 is 21.4 Å². The minimum absolute atomic E-state index is 0.0980. The summed E-state index contributed by atoms with van der Waals surface area (Å²) in [5.74, 6) is 0.196. The van der Waals surface area contributed by atoms with Crippen LogP contribution in [-0.2, 0) is 0 Å². The Morgan fingerprint density at radius 3 is 2.69 bits per heavy atom. The second-order valence-corrected chi connectivity index (χ2v) is 2.98. The van der Waals surface area contributed by atoms with E-state index in [4.69, 9.17) is 16.0 Å². The molecule has 0 spiro atoms. The van der Waals surface area contributed by atoms with E-state index in [2.05, 4.69) is 10.5 Å². The first-order valence-electron chi connectivity index (χ1n) is 4.54. The van der Waals surface area contributed by atoms with E-state index in [1.165, 1.54) is 0 Å². The molecule has 1 unspecified atom stereocenters. The van der Waals surface area contributed by atoms with Crippen LogP contribution in [0.5, 0.6) is 0 Å². The van der Waals surface area contributed by atoms with Gasteiger partial charge >= 0.3 is 0 Å². The van der Waals surface area contributed by atoms with Crippen LogP contribution >= 0.6 is 0 Å². The van der Waals surface area contributed by atoms with Gasteiger partial charge in [-0.15, -0.1) is 0 Å². The predicted molar refractivity (Wildman–Crippen MR) is 51.8 cm³/mol. The van der Waals surface area contributed by atoms with Crippen molar-refractivity contribution < 1.29 is 10.3 Å². The second-order valence-electron chi connectivity index (χ2n) is 2.98. The Morgan fingerprint density at radius 1 is 1.46 bits per heavy atom. The summed E-state index contributed by atoms with van der Waals surface area (Å²) in [5.41, 5.74) is 5.35. The first-order valence-corrected chi connectivity index (χ1v) is 4.54. The molecule has 0 heterocycles. The molecule has 0 fully saturated rings. The van der Waals surface area contributed by atoms with E-state index < -0.39 is 0 Å². The van der Waals surface area contributed by atoms with Crippen molar-refractivity contribution in [2.45, 2.75) is 32.2 Å². The zero-order valence-electron chi connectivity index (χ0n) is 8.03. The normalized spacial score (nSPS) is 14.5. The van der Waals surface area contributed by atoms with E-state index in [-0.39, 0.29) is 18.5 Å². The summed E-state index contributed by atoms with van der Waals surface area (Å²) in [5, 5.41) is 22.8. The van der Waals surface area contributed by atoms with Crippen LogP contribution in [0.4, 0.5) is 0 Å². The van der Waals surface area contributed by atoms with Crippen molar-refractivity contribution in [3.63, 3.8) is 0 Å². The topological polar surface area (TPSA) is 90.9 Å². The van der Waals surface area contributed by atoms with E-state index in [1.54, 1.807) is 0 Å². The first kappa shape index (κ1) is 12.2. The van der Waals surface area contributed by atoms with Gasteiger partial charge in [0.1, 0.15) is 0 Å². The monoisotopic (exact) mass is 189 g/mol. The fourth-order valence-electron chi connectivity index (χ4n) is 0.923. The molecule has 0 aliphatic carbocycles. The summed E-state index contributed by atoms with van der Waals surface area (Å²) in [6.45, 7) is 2.90. The molecule has 5 nitrogen and oxygen atoms in total. The molecule has 0 amide bonds. The fourth-order valence-corrected chi connectivity index (χ4v) is 0.923. The van der Waals surface area contributed by atoms with E-state index in [1.807, 2.05) is 6.92 Å². The van der Waals surface area contributed by atoms with Crippen molar-refractivity contribution in [2.24, 2.45) is 10.9 Å². The highest BCUT2D eigenvalue weighted by molar-refractivity contribution is 5.84. The molecule has 0 saturated carbocycles. The summed E-state index contributed by atoms with van der Waals surface area (Å²) >= 11 is 0. The van der Waals surface area contributed by atoms with E-state index in [9.17, 15) is 0 Å². The highest BCUT2D eigenvalue weighted by atomic mass is 16.4. The van der Waals surface area contributed by atoms with Gasteiger partial charge in [-0.3, -0.25) is 0 Å². The number of amidine groups is 1. The van der Waals surface area contributed by atoms with Crippen LogP contribution in [-0.4, -0.2) is 35.3 Å². The van der Waals surface area contributed by atoms with Crippen molar-refractivity contribution in [1.29, 1.82) is 0 Å². The summed E-state index contributed by atoms with van der Waals surface area (Å²) in [6.07, 6.45) is 2.82. The minimum Gasteiger partial charge on any atom is -0.409 e. The molecule has 0 aliphatic rings. The Balaban J connectivity index is 3.32. The van der Waals surface area contributed by atoms with Crippen LogP contribution in [0.2, 0.25) is 0 Å². The predicted octanol–water partition coefficient (Wildman–Crippen LogP) is -0.126. The Hall–Kier alpha value is -0.810. The van der Waals surface area contributed by atoms with E-state index in [0.717, 1.165) is 25.8 Å². The number of unbranched alkanes of at least 4 members (excludes halogenated alkanes) is 2. The third-order valence-corrected chi connectivity index (χ3v) is 1.84. The minimum atomic E-state index is -0.0980. The van der Waals surface area contributed by atoms with Gasteiger partial charge in [-0.25, -0.2) is 0 Å². The molecule has 5 heteroatoms. The lowest BCUT2D eigenvalue weighted by Crippen LogP contribution is -2.39. The Labute approximate surface area is 78.6 Å². The SMILES string of the molecule is CC(NCCCCCO)C(N)=NO. The van der Waals surface area contributed by atoms with Gasteiger partial charge in [0.15, 0.2) is 5.84 Å². The van der Waals surface area contributed by atoms with Gasteiger partial charge in [-0.2, -0.15) is 0 Å². The third kappa shape index (κ3) is 6.36. The first-order chi connectivity index (χ1) is 6.22. The van der Waals surface area contributed by atoms with Gasteiger partial charge in [0.25, 0.3) is 0 Å². The van der Waals surface area contributed by atoms with Crippen LogP contribution in [0, 0.1) is 0 Å². The second kappa shape index (κ2) is 7.82. The fraction of sp³-hybridized carbons (Fsp3) is 0.875. The van der Waals surface area contributed by atoms with Crippen LogP contribution in [0.25, 0.3) is 0 Å². The largest absolute Gasteiger partial charge is 0.409 e. The van der Waals surface area contributed by atoms with Crippen LogP contribution in [0.3, 0.4) is 0 Å². The zero-order chi connectivity index (χ0) is 10.1. The highest BCUT2D eigenvalue weighted by Crippen LogP contribution is 1.92. The molecule has 0 aromatic carbocycles. The average Bonchev–Trinajstić information content (AvgIpc) is 2.16. The molecule has 78 valence electrons. The van der Waals surface area contributed by atoms with E-state index >= 15 is 0 Å². The lowest BCUT2D eigenvalue weighted by Gasteiger charge is -2.11. The number of nitrogens with one attached hydrogen (secondary N) is 1. The maximum Gasteiger partial charge on any atom is 0.156 e. The standard InChI is InChI=1S/C8H19N3O2/c1-7(8(9)11-13)10-5-3-2-4-6-12/h7,10,12-13H,2-6H2,1H3,(H2,9,11). The van der Waals surface area contributed by atoms with Gasteiger partial charge in [-0.05, 0) is 32.7 Å². The highest BCUT2D eigenvalue weighted by Gasteiger charge is 2.04. The molecule has 0 radical (unpaired) electrons. The molecule has 13 heavy (non-hydrogen) atoms. The smallest absolute Gasteiger partial charge is 0.156 e. The Morgan fingerprint density at radius 2 is 2.15 bits per heavy atom. The van der Waals surface area contributed by atoms with Crippen molar-refractivity contribution in [1.82, 2.24) is 5.32 Å². The Bertz CT molecular complexity index is 150. The lowest BCUT2D eigenvalue weighted by molar-refractivity contribution is 0.282. The molecule has 0 aliphatic heterocycles. The van der Waals surface area contributed by atoms with Gasteiger partial charge in [0.2, 0.25) is 0 Å². The van der Waals surface area contributed by atoms with Crippen LogP contribution < -0.4 is 11.1 Å². The number of aliphatic hydroxyl groups is 1. The van der Waals surface area contributed by atoms with Gasteiger partial charge in [0, 0.05) is 6.61 Å². The number of rotatable bonds is 7. The molecule has 0 rings (SSSR count). The third-order valence-electron chi connectivity index (χ3n) is 1.84. The maximum atomic E-state index is 8.51. The van der Waals surface area contributed by atoms with Crippen molar-refractivity contribution in [3.05, 3.63) is 0 Å². The molecule has 0 saturated heterocycles. The quantitative estimate of drug-likeness (QED) is 0.148. The summed E-state index contributed by atoms with van der Waals surface area (Å²) in [6, 6.07) is -0.0980. The number of hydrogen-bond donors (Lipinski definition) is 4. The van der Waals surface area contributed by atoms with E-state index in [0.29, 0.717) is 0 Å². The molecule has 1 atom stereocenters. The van der Waals surface area contributed by atoms with Crippen LogP contribution in [0.15, 0.2) is 5.16 Å². The number of hydrogen-bond acceptors (Lipinski definition) is 4. The molecule has 0 aromatic rings. The van der Waals surface area contributed by atoms with Crippen molar-refractivity contribution >= 4 is 5.84 Å². The molecule has 0 aromatic heterocycles. The zero-order valence-corrected chi connectivity index (χ0v) is 8.03. The number of aliphatic hydroxyl groups excluding tert-OH is 1. The maximum absolute atomic E-state index is 8.51. The Kier molecular flexibility index (Phi) is 7.33. The average molecular weight is 189 g/mol. The number of nitrogens with two attached hydrogens (primary N) is 1. The molecular weight excluding hydrogens is 170 g/mol. The van der Waals surface area contributed by atoms with Gasteiger partial charge in [-0.1, -0.05) is 5.16 Å². The molecule has 5 N–H and O–H groups in total. The van der Waals surface area contributed by atoms with Crippen molar-refractivity contribution in [3.8, 4) is 0 Å². The van der Waals surface area contributed by atoms with Crippen LogP contribution in [0.1, 0.15) is 26.2 Å². The lowest BCUT2D eigenvalue weighted by atomic mass is 10.2. The van der Waals surface area contributed by atoms with Gasteiger partial charge in [0.05, 0.1) is 6.04 Å². The summed E-state index contributed by atoms with van der Waals surface area (Å²) in [7, 11) is 0. The van der Waals surface area contributed by atoms with Crippen molar-refractivity contribution in [2.75, 3.05) is 13.2 Å². The number of nitrogens with zero attached hydrogens (tertiary/aromatic N) is 1. The molecular formula is C8H19N3O2. The molecule has 0 bridgehead atoms. The summed E-state index contributed by atoms with van der Waals surface area (Å²) < 4.78 is 0. The number of oxime groups is 1.